The third-order valence-electron chi connectivity index (χ3n) is 2.35. The average molecular weight is 248 g/mol. The molecular weight excluding hydrogens is 240 g/mol. The molecule has 0 aliphatic rings. The van der Waals surface area contributed by atoms with Gasteiger partial charge in [0.2, 0.25) is 0 Å². The van der Waals surface area contributed by atoms with Gasteiger partial charge < -0.3 is 5.32 Å². The summed E-state index contributed by atoms with van der Waals surface area (Å²) in [6, 6.07) is 15.0. The monoisotopic (exact) mass is 248 g/mol. The second kappa shape index (κ2) is 5.44. The number of hydrogen-bond acceptors (Lipinski definition) is 4. The van der Waals surface area contributed by atoms with Crippen LogP contribution in [0.25, 0.3) is 0 Å². The molecule has 1 aromatic carbocycles. The molecule has 1 heterocycles. The van der Waals surface area contributed by atoms with Crippen molar-refractivity contribution in [2.75, 3.05) is 5.32 Å². The minimum atomic E-state index is -0.424. The quantitative estimate of drug-likeness (QED) is 0.880. The maximum Gasteiger partial charge on any atom is 0.274 e. The van der Waals surface area contributed by atoms with Gasteiger partial charge in [-0.25, -0.2) is 4.98 Å². The molecule has 0 radical (unpaired) electrons. The molecule has 5 heteroatoms. The van der Waals surface area contributed by atoms with Crippen LogP contribution in [0, 0.1) is 22.7 Å². The smallest absolute Gasteiger partial charge is 0.274 e. The number of anilines is 1. The van der Waals surface area contributed by atoms with E-state index < -0.39 is 5.91 Å². The van der Waals surface area contributed by atoms with Gasteiger partial charge >= 0.3 is 0 Å². The Kier molecular flexibility index (Phi) is 3.51. The van der Waals surface area contributed by atoms with Crippen LogP contribution in [0.5, 0.6) is 0 Å². The number of carbonyl (C=O) groups excluding carboxylic acids is 1. The van der Waals surface area contributed by atoms with E-state index in [0.717, 1.165) is 0 Å². The Bertz CT molecular complexity index is 710. The van der Waals surface area contributed by atoms with Crippen molar-refractivity contribution in [3.05, 3.63) is 59.4 Å². The number of hydrogen-bond donors (Lipinski definition) is 1. The first-order valence-corrected chi connectivity index (χ1v) is 5.41. The van der Waals surface area contributed by atoms with Crippen molar-refractivity contribution in [2.45, 2.75) is 0 Å². The molecule has 0 aliphatic carbocycles. The number of aromatic nitrogens is 1. The molecule has 0 atom stereocenters. The summed E-state index contributed by atoms with van der Waals surface area (Å²) in [6.45, 7) is 0. The standard InChI is InChI=1S/C14H8N4O/c15-8-10-3-1-4-11(7-10)18-14(19)13-6-2-5-12(9-16)17-13/h1-7H,(H,18,19). The van der Waals surface area contributed by atoms with Gasteiger partial charge in [-0.1, -0.05) is 12.1 Å². The molecule has 90 valence electrons. The molecule has 19 heavy (non-hydrogen) atoms. The van der Waals surface area contributed by atoms with Crippen LogP contribution in [-0.2, 0) is 0 Å². The number of carbonyl (C=O) groups is 1. The first kappa shape index (κ1) is 12.3. The van der Waals surface area contributed by atoms with E-state index in [4.69, 9.17) is 10.5 Å². The van der Waals surface area contributed by atoms with Crippen molar-refractivity contribution in [1.82, 2.24) is 4.98 Å². The zero-order valence-corrected chi connectivity index (χ0v) is 9.79. The highest BCUT2D eigenvalue weighted by molar-refractivity contribution is 6.02. The van der Waals surface area contributed by atoms with Gasteiger partial charge in [-0.3, -0.25) is 4.79 Å². The minimum absolute atomic E-state index is 0.154. The van der Waals surface area contributed by atoms with Crippen molar-refractivity contribution >= 4 is 11.6 Å². The fourth-order valence-corrected chi connectivity index (χ4v) is 1.49. The molecule has 5 nitrogen and oxygen atoms in total. The number of nitrogens with zero attached hydrogens (tertiary/aromatic N) is 3. The summed E-state index contributed by atoms with van der Waals surface area (Å²) >= 11 is 0. The van der Waals surface area contributed by atoms with E-state index in [-0.39, 0.29) is 11.4 Å². The Morgan fingerprint density at radius 2 is 1.89 bits per heavy atom. The molecule has 0 saturated carbocycles. The van der Waals surface area contributed by atoms with Crippen LogP contribution >= 0.6 is 0 Å². The van der Waals surface area contributed by atoms with Crippen molar-refractivity contribution in [2.24, 2.45) is 0 Å². The number of benzene rings is 1. The summed E-state index contributed by atoms with van der Waals surface area (Å²) in [5.41, 5.74) is 1.30. The molecule has 0 saturated heterocycles. The molecular formula is C14H8N4O. The van der Waals surface area contributed by atoms with Crippen molar-refractivity contribution in [1.29, 1.82) is 10.5 Å². The SMILES string of the molecule is N#Cc1cccc(NC(=O)c2cccc(C#N)n2)c1. The van der Waals surface area contributed by atoms with E-state index in [2.05, 4.69) is 10.3 Å². The van der Waals surface area contributed by atoms with Gasteiger partial charge in [0.1, 0.15) is 17.5 Å². The van der Waals surface area contributed by atoms with E-state index in [1.807, 2.05) is 12.1 Å². The molecule has 1 aromatic heterocycles. The summed E-state index contributed by atoms with van der Waals surface area (Å²) in [4.78, 5) is 15.8. The topological polar surface area (TPSA) is 89.6 Å². The molecule has 1 amide bonds. The fourth-order valence-electron chi connectivity index (χ4n) is 1.49. The molecule has 0 unspecified atom stereocenters. The van der Waals surface area contributed by atoms with Gasteiger partial charge in [-0.05, 0) is 30.3 Å². The van der Waals surface area contributed by atoms with E-state index in [1.54, 1.807) is 30.3 Å². The Balaban J connectivity index is 2.21. The molecule has 0 bridgehead atoms. The normalized spacial score (nSPS) is 9.16. The van der Waals surface area contributed by atoms with Gasteiger partial charge in [0.15, 0.2) is 0 Å². The molecule has 0 spiro atoms. The summed E-state index contributed by atoms with van der Waals surface area (Å²) in [5.74, 6) is -0.424. The van der Waals surface area contributed by atoms with Crippen LogP contribution in [0.15, 0.2) is 42.5 Å². The van der Waals surface area contributed by atoms with E-state index in [9.17, 15) is 4.79 Å². The second-order valence-corrected chi connectivity index (χ2v) is 3.67. The summed E-state index contributed by atoms with van der Waals surface area (Å²) < 4.78 is 0. The third kappa shape index (κ3) is 2.93. The first-order valence-electron chi connectivity index (χ1n) is 5.41. The molecule has 0 aliphatic heterocycles. The minimum Gasteiger partial charge on any atom is -0.321 e. The lowest BCUT2D eigenvalue weighted by molar-refractivity contribution is 0.102. The van der Waals surface area contributed by atoms with E-state index in [1.165, 1.54) is 12.1 Å². The third-order valence-corrected chi connectivity index (χ3v) is 2.35. The van der Waals surface area contributed by atoms with Gasteiger partial charge in [0, 0.05) is 5.69 Å². The summed E-state index contributed by atoms with van der Waals surface area (Å²) in [7, 11) is 0. The Labute approximate surface area is 109 Å². The van der Waals surface area contributed by atoms with Gasteiger partial charge in [0.05, 0.1) is 11.6 Å². The van der Waals surface area contributed by atoms with Crippen LogP contribution in [-0.4, -0.2) is 10.9 Å². The summed E-state index contributed by atoms with van der Waals surface area (Å²) in [6.07, 6.45) is 0. The number of rotatable bonds is 2. The van der Waals surface area contributed by atoms with Gasteiger partial charge in [0.25, 0.3) is 5.91 Å². The first-order chi connectivity index (χ1) is 9.22. The number of nitriles is 2. The van der Waals surface area contributed by atoms with Crippen LogP contribution in [0.3, 0.4) is 0 Å². The molecule has 2 aromatic rings. The predicted molar refractivity (Wildman–Crippen MR) is 68.1 cm³/mol. The highest BCUT2D eigenvalue weighted by atomic mass is 16.1. The van der Waals surface area contributed by atoms with Crippen LogP contribution in [0.2, 0.25) is 0 Å². The predicted octanol–water partition coefficient (Wildman–Crippen LogP) is 2.08. The highest BCUT2D eigenvalue weighted by Crippen LogP contribution is 2.11. The Morgan fingerprint density at radius 1 is 1.11 bits per heavy atom. The lowest BCUT2D eigenvalue weighted by Crippen LogP contribution is -2.14. The number of pyridine rings is 1. The zero-order chi connectivity index (χ0) is 13.7. The maximum atomic E-state index is 11.9. The molecule has 2 rings (SSSR count). The average Bonchev–Trinajstić information content (AvgIpc) is 2.47. The molecule has 0 fully saturated rings. The fraction of sp³-hybridized carbons (Fsp3) is 0. The van der Waals surface area contributed by atoms with Crippen molar-refractivity contribution < 1.29 is 4.79 Å². The maximum absolute atomic E-state index is 11.9. The van der Waals surface area contributed by atoms with Crippen LogP contribution in [0.4, 0.5) is 5.69 Å². The van der Waals surface area contributed by atoms with Gasteiger partial charge in [-0.15, -0.1) is 0 Å². The Hall–Kier alpha value is -3.18. The largest absolute Gasteiger partial charge is 0.321 e. The van der Waals surface area contributed by atoms with Crippen molar-refractivity contribution in [3.63, 3.8) is 0 Å². The van der Waals surface area contributed by atoms with Crippen molar-refractivity contribution in [3.8, 4) is 12.1 Å². The Morgan fingerprint density at radius 3 is 2.63 bits per heavy atom. The lowest BCUT2D eigenvalue weighted by atomic mass is 10.2. The van der Waals surface area contributed by atoms with E-state index >= 15 is 0 Å². The van der Waals surface area contributed by atoms with Gasteiger partial charge in [-0.2, -0.15) is 10.5 Å². The second-order valence-electron chi connectivity index (χ2n) is 3.67. The number of amides is 1. The molecule has 1 N–H and O–H groups in total. The summed E-state index contributed by atoms with van der Waals surface area (Å²) in [5, 5.41) is 20.1. The highest BCUT2D eigenvalue weighted by Gasteiger charge is 2.08. The van der Waals surface area contributed by atoms with E-state index in [0.29, 0.717) is 11.3 Å². The van der Waals surface area contributed by atoms with Crippen LogP contribution < -0.4 is 5.32 Å². The number of nitrogens with one attached hydrogen (secondary N) is 1. The lowest BCUT2D eigenvalue weighted by Gasteiger charge is -2.04. The van der Waals surface area contributed by atoms with Crippen LogP contribution in [0.1, 0.15) is 21.7 Å². The zero-order valence-electron chi connectivity index (χ0n) is 9.79.